The van der Waals surface area contributed by atoms with E-state index in [0.717, 1.165) is 36.4 Å². The molecule has 22 heteroatoms. The molecule has 0 fully saturated rings. The fourth-order valence-corrected chi connectivity index (χ4v) is 6.98. The molecule has 306 valence electrons. The van der Waals surface area contributed by atoms with E-state index in [9.17, 15) is 44.8 Å². The Morgan fingerprint density at radius 1 is 0.617 bits per heavy atom. The van der Waals surface area contributed by atoms with Crippen molar-refractivity contribution in [3.63, 3.8) is 0 Å². The topological polar surface area (TPSA) is 132 Å². The number of benzene rings is 4. The van der Waals surface area contributed by atoms with Gasteiger partial charge in [0.2, 0.25) is 0 Å². The molecule has 0 spiro atoms. The molecule has 0 aliphatic carbocycles. The van der Waals surface area contributed by atoms with Crippen molar-refractivity contribution in [2.75, 3.05) is 0 Å². The van der Waals surface area contributed by atoms with Gasteiger partial charge in [0.15, 0.2) is 11.6 Å². The molecule has 1 aromatic heterocycles. The summed E-state index contributed by atoms with van der Waals surface area (Å²) >= 11 is 22.7. The van der Waals surface area contributed by atoms with Crippen molar-refractivity contribution < 1.29 is 49.2 Å². The van der Waals surface area contributed by atoms with Crippen molar-refractivity contribution in [3.8, 4) is 23.9 Å². The molecule has 60 heavy (non-hydrogen) atoms. The molecule has 4 aromatic carbocycles. The van der Waals surface area contributed by atoms with Crippen LogP contribution in [0.3, 0.4) is 0 Å². The summed E-state index contributed by atoms with van der Waals surface area (Å²) < 4.78 is 126. The molecule has 2 aliphatic heterocycles. The molecular weight excluding hydrogens is 899 g/mol. The minimum absolute atomic E-state index is 0.0818. The van der Waals surface area contributed by atoms with Gasteiger partial charge in [-0.3, -0.25) is 0 Å². The fourth-order valence-electron chi connectivity index (χ4n) is 6.00. The van der Waals surface area contributed by atoms with Crippen molar-refractivity contribution in [1.29, 1.82) is 15.8 Å². The summed E-state index contributed by atoms with van der Waals surface area (Å²) in [6.45, 7) is 0. The van der Waals surface area contributed by atoms with E-state index in [-0.39, 0.29) is 39.2 Å². The Morgan fingerprint density at radius 2 is 1.05 bits per heavy atom. The molecule has 0 N–H and O–H groups in total. The van der Waals surface area contributed by atoms with Crippen LogP contribution in [0.2, 0.25) is 20.1 Å². The molecule has 2 unspecified atom stereocenters. The fraction of sp³-hybridized carbons (Fsp3) is 0.158. The number of aromatic nitrogens is 2. The molecule has 2 aliphatic rings. The van der Waals surface area contributed by atoms with Crippen LogP contribution < -0.4 is 0 Å². The van der Waals surface area contributed by atoms with Gasteiger partial charge >= 0.3 is 12.4 Å². The lowest BCUT2D eigenvalue weighted by Gasteiger charge is -2.29. The van der Waals surface area contributed by atoms with Gasteiger partial charge in [0, 0.05) is 41.3 Å². The summed E-state index contributed by atoms with van der Waals surface area (Å²) in [6.07, 6.45) is -8.77. The molecule has 2 atom stereocenters. The summed E-state index contributed by atoms with van der Waals surface area (Å²) in [5.74, 6) is -2.93. The van der Waals surface area contributed by atoms with Crippen LogP contribution in [0.25, 0.3) is 5.69 Å². The Bertz CT molecular complexity index is 2710. The third-order valence-corrected chi connectivity index (χ3v) is 10.2. The Hall–Kier alpha value is -5.97. The highest BCUT2D eigenvalue weighted by molar-refractivity contribution is 6.35. The van der Waals surface area contributed by atoms with Crippen molar-refractivity contribution in [3.05, 3.63) is 150 Å². The lowest BCUT2D eigenvalue weighted by atomic mass is 9.86. The van der Waals surface area contributed by atoms with Crippen LogP contribution in [0.15, 0.2) is 83.4 Å². The van der Waals surface area contributed by atoms with E-state index in [1.54, 1.807) is 6.07 Å². The van der Waals surface area contributed by atoms with Gasteiger partial charge in [0.05, 0.1) is 60.1 Å². The average molecular weight is 915 g/mol. The van der Waals surface area contributed by atoms with Crippen molar-refractivity contribution in [2.45, 2.75) is 36.4 Å². The molecule has 9 nitrogen and oxygen atoms in total. The second-order valence-electron chi connectivity index (χ2n) is 12.7. The normalized spacial score (nSPS) is 18.5. The number of halogens is 13. The Labute approximate surface area is 351 Å². The number of hydrogen-bond donors (Lipinski definition) is 0. The second-order valence-corrected chi connectivity index (χ2v) is 14.3. The molecule has 0 bridgehead atoms. The van der Waals surface area contributed by atoms with Crippen LogP contribution in [0.5, 0.6) is 0 Å². The molecule has 5 aromatic rings. The highest BCUT2D eigenvalue weighted by atomic mass is 35.5. The number of nitriles is 3. The summed E-state index contributed by atoms with van der Waals surface area (Å²) in [5, 5.41) is 36.1. The van der Waals surface area contributed by atoms with Crippen LogP contribution in [0.1, 0.15) is 51.8 Å². The zero-order valence-electron chi connectivity index (χ0n) is 29.2. The lowest BCUT2D eigenvalue weighted by molar-refractivity contribution is -0.276. The minimum Gasteiger partial charge on any atom is -0.374 e. The Balaban J connectivity index is 0.000000205. The summed E-state index contributed by atoms with van der Waals surface area (Å²) in [6, 6.07) is 16.0. The van der Waals surface area contributed by atoms with E-state index in [0.29, 0.717) is 5.69 Å². The van der Waals surface area contributed by atoms with E-state index in [1.165, 1.54) is 41.3 Å². The number of alkyl halides is 6. The van der Waals surface area contributed by atoms with Crippen LogP contribution >= 0.6 is 46.4 Å². The van der Waals surface area contributed by atoms with Gasteiger partial charge in [0.1, 0.15) is 24.0 Å². The first-order valence-corrected chi connectivity index (χ1v) is 17.8. The van der Waals surface area contributed by atoms with E-state index in [4.69, 9.17) is 66.6 Å². The van der Waals surface area contributed by atoms with Gasteiger partial charge in [0.25, 0.3) is 11.2 Å². The highest BCUT2D eigenvalue weighted by Crippen LogP contribution is 2.51. The van der Waals surface area contributed by atoms with Crippen LogP contribution in [-0.2, 0) is 20.9 Å². The number of oxime groups is 2. The van der Waals surface area contributed by atoms with E-state index in [1.807, 2.05) is 12.1 Å². The second kappa shape index (κ2) is 16.2. The maximum atomic E-state index is 14.2. The average Bonchev–Trinajstić information content (AvgIpc) is 3.99. The monoisotopic (exact) mass is 913 g/mol. The largest absolute Gasteiger partial charge is 0.435 e. The molecule has 0 amide bonds. The molecule has 0 saturated carbocycles. The Kier molecular flexibility index (Phi) is 11.8. The third kappa shape index (κ3) is 7.89. The van der Waals surface area contributed by atoms with Gasteiger partial charge < -0.3 is 9.68 Å². The number of hydrogen-bond acceptors (Lipinski definition) is 8. The van der Waals surface area contributed by atoms with Gasteiger partial charge in [-0.2, -0.15) is 47.2 Å². The molecular formula is C38H16Cl4F9N7O2. The van der Waals surface area contributed by atoms with Gasteiger partial charge in [-0.15, -0.1) is 0 Å². The molecule has 0 saturated heterocycles. The SMILES string of the molecule is N#Cc1cc(C2=NOC(c3cc(Cl)c(F)c(Cl)c3)(C(F)(F)F)C2)ccc1F.N#Cc1cnn(-c2ccc(C3=NOC(c4cc(Cl)c(F)c(Cl)c4)(C(F)(F)F)C3)cc2C#N)c1. The Morgan fingerprint density at radius 3 is 1.45 bits per heavy atom. The maximum Gasteiger partial charge on any atom is 0.435 e. The van der Waals surface area contributed by atoms with Crippen LogP contribution in [0, 0.1) is 51.4 Å². The summed E-state index contributed by atoms with van der Waals surface area (Å²) in [7, 11) is 0. The first-order valence-electron chi connectivity index (χ1n) is 16.3. The van der Waals surface area contributed by atoms with Gasteiger partial charge in [-0.1, -0.05) is 68.8 Å². The van der Waals surface area contributed by atoms with Crippen molar-refractivity contribution in [2.24, 2.45) is 10.3 Å². The highest BCUT2D eigenvalue weighted by Gasteiger charge is 2.63. The van der Waals surface area contributed by atoms with Crippen LogP contribution in [-0.4, -0.2) is 33.6 Å². The maximum absolute atomic E-state index is 14.2. The van der Waals surface area contributed by atoms with Gasteiger partial charge in [-0.25, -0.2) is 17.9 Å². The summed E-state index contributed by atoms with van der Waals surface area (Å²) in [5.41, 5.74) is -6.60. The minimum atomic E-state index is -4.96. The zero-order valence-corrected chi connectivity index (χ0v) is 32.2. The smallest absolute Gasteiger partial charge is 0.374 e. The quantitative estimate of drug-likeness (QED) is 0.127. The third-order valence-electron chi connectivity index (χ3n) is 9.10. The number of nitrogens with zero attached hydrogens (tertiary/aromatic N) is 7. The standard InChI is InChI=1S/C21H9Cl2F4N5O.C17H7Cl2F5N2O/c22-15-4-14(5-16(23)19(15)24)20(21(25,26)27)6-17(31-33-20)12-1-2-18(13(3-12)8-29)32-10-11(7-28)9-30-32;18-11-4-10(5-12(19)15(11)21)16(17(22,23)24)6-14(26-27-16)8-1-2-13(20)9(3-8)7-25/h1-5,9-10H,6H2;1-5H,6H2. The number of rotatable bonds is 5. The molecule has 3 heterocycles. The van der Waals surface area contributed by atoms with Crippen molar-refractivity contribution >= 4 is 57.8 Å². The van der Waals surface area contributed by atoms with E-state index in [2.05, 4.69) is 15.4 Å². The molecule has 0 radical (unpaired) electrons. The molecule has 7 rings (SSSR count). The zero-order chi connectivity index (χ0) is 43.9. The predicted molar refractivity (Wildman–Crippen MR) is 197 cm³/mol. The first-order chi connectivity index (χ1) is 28.2. The van der Waals surface area contributed by atoms with E-state index >= 15 is 0 Å². The summed E-state index contributed by atoms with van der Waals surface area (Å²) in [4.78, 5) is 9.66. The predicted octanol–water partition coefficient (Wildman–Crippen LogP) is 11.4. The first kappa shape index (κ1) is 43.6. The lowest BCUT2D eigenvalue weighted by Crippen LogP contribution is -2.42. The van der Waals surface area contributed by atoms with E-state index < -0.39 is 85.1 Å². The van der Waals surface area contributed by atoms with Crippen LogP contribution in [0.4, 0.5) is 39.5 Å². The van der Waals surface area contributed by atoms with Crippen molar-refractivity contribution in [1.82, 2.24) is 9.78 Å². The van der Waals surface area contributed by atoms with Gasteiger partial charge in [-0.05, 0) is 48.5 Å².